The monoisotopic (exact) mass is 941 g/mol. The van der Waals surface area contributed by atoms with Crippen molar-refractivity contribution < 1.29 is 52.6 Å². The van der Waals surface area contributed by atoms with E-state index in [4.69, 9.17) is 9.47 Å². The molecule has 374 valence electrons. The molecule has 19 heteroatoms. The van der Waals surface area contributed by atoms with Crippen LogP contribution in [-0.2, 0) is 47.8 Å². The first-order chi connectivity index (χ1) is 32.0. The van der Waals surface area contributed by atoms with Gasteiger partial charge in [-0.1, -0.05) is 63.5 Å². The number of esters is 1. The largest absolute Gasteiger partial charge is 0.467 e. The second kappa shape index (κ2) is 26.7. The minimum Gasteiger partial charge on any atom is -0.467 e. The van der Waals surface area contributed by atoms with Crippen molar-refractivity contribution in [2.45, 2.75) is 203 Å². The number of alkyl carbamates (subject to hydrolysis) is 1. The summed E-state index contributed by atoms with van der Waals surface area (Å²) in [4.78, 5) is 128. The highest BCUT2D eigenvalue weighted by Gasteiger charge is 2.44. The molecule has 67 heavy (non-hydrogen) atoms. The zero-order valence-corrected chi connectivity index (χ0v) is 40.1. The Bertz CT molecular complexity index is 1790. The standard InChI is InChI=1S/C48H76N8O11/c1-7-9-21-34(54-47(65)67-48(3,4)5)42(60)50-31-23-15-11-12-16-24-32(41(59)53-36(22-10-8-2)46(64)66-6)49-39(57)33-25-17-13-14-18-26-35(52-40(31)58)44(62)56-30-20-28-38(56)45(63)55-29-19-27-37(55)43(61)51-33/h7-8,31-38H,1-2,9-30H2,3-6H3,(H,49,57)(H,50,60)(H,51,61)(H,52,58)(H,53,59)(H,54,65)/t31-,32-,33-,34-,35-,36-,37-,38+/m0/s1. The van der Waals surface area contributed by atoms with Crippen LogP contribution in [-0.4, -0.2) is 137 Å². The molecule has 0 spiro atoms. The number of hydrogen-bond acceptors (Lipinski definition) is 11. The number of carbonyl (C=O) groups is 9. The van der Waals surface area contributed by atoms with Gasteiger partial charge < -0.3 is 51.2 Å². The number of nitrogens with zero attached hydrogens (tertiary/aromatic N) is 2. The van der Waals surface area contributed by atoms with Crippen molar-refractivity contribution in [2.24, 2.45) is 0 Å². The maximum Gasteiger partial charge on any atom is 0.408 e. The summed E-state index contributed by atoms with van der Waals surface area (Å²) in [5, 5.41) is 17.0. The van der Waals surface area contributed by atoms with Crippen LogP contribution in [0.5, 0.6) is 0 Å². The predicted molar refractivity (Wildman–Crippen MR) is 249 cm³/mol. The van der Waals surface area contributed by atoms with Crippen LogP contribution < -0.4 is 31.9 Å². The fraction of sp³-hybridized carbons (Fsp3) is 0.729. The van der Waals surface area contributed by atoms with E-state index in [9.17, 15) is 43.2 Å². The smallest absolute Gasteiger partial charge is 0.408 e. The Hall–Kier alpha value is -5.49. The molecular weight excluding hydrogens is 865 g/mol. The van der Waals surface area contributed by atoms with E-state index in [1.54, 1.807) is 32.9 Å². The van der Waals surface area contributed by atoms with Crippen LogP contribution in [0.15, 0.2) is 25.3 Å². The van der Waals surface area contributed by atoms with Crippen molar-refractivity contribution >= 4 is 53.4 Å². The first-order valence-corrected chi connectivity index (χ1v) is 24.4. The summed E-state index contributed by atoms with van der Waals surface area (Å²) in [6, 6.07) is -8.12. The van der Waals surface area contributed by atoms with E-state index in [0.29, 0.717) is 89.9 Å². The van der Waals surface area contributed by atoms with Crippen LogP contribution in [0.25, 0.3) is 0 Å². The van der Waals surface area contributed by atoms with Crippen LogP contribution >= 0.6 is 0 Å². The van der Waals surface area contributed by atoms with Crippen molar-refractivity contribution in [1.29, 1.82) is 0 Å². The van der Waals surface area contributed by atoms with Crippen molar-refractivity contribution in [3.8, 4) is 0 Å². The van der Waals surface area contributed by atoms with Gasteiger partial charge in [0.1, 0.15) is 53.9 Å². The van der Waals surface area contributed by atoms with Gasteiger partial charge >= 0.3 is 12.1 Å². The fourth-order valence-electron chi connectivity index (χ4n) is 9.18. The van der Waals surface area contributed by atoms with E-state index >= 15 is 0 Å². The summed E-state index contributed by atoms with van der Waals surface area (Å²) < 4.78 is 10.4. The van der Waals surface area contributed by atoms with Gasteiger partial charge in [0.05, 0.1) is 7.11 Å². The van der Waals surface area contributed by atoms with E-state index < -0.39 is 101 Å². The van der Waals surface area contributed by atoms with Gasteiger partial charge in [0, 0.05) is 13.1 Å². The van der Waals surface area contributed by atoms with Crippen molar-refractivity contribution in [1.82, 2.24) is 41.7 Å². The van der Waals surface area contributed by atoms with Crippen molar-refractivity contribution in [2.75, 3.05) is 20.2 Å². The first-order valence-electron chi connectivity index (χ1n) is 24.4. The number of allylic oxidation sites excluding steroid dienone is 2. The Kier molecular flexibility index (Phi) is 21.6. The third kappa shape index (κ3) is 16.7. The molecule has 4 rings (SSSR count). The van der Waals surface area contributed by atoms with Gasteiger partial charge in [0.2, 0.25) is 41.4 Å². The van der Waals surface area contributed by atoms with Crippen molar-refractivity contribution in [3.05, 3.63) is 25.3 Å². The summed E-state index contributed by atoms with van der Waals surface area (Å²) in [7, 11) is 1.22. The Balaban J connectivity index is 1.71. The minimum absolute atomic E-state index is 0.159. The molecule has 0 radical (unpaired) electrons. The number of amides is 8. The molecule has 0 aromatic carbocycles. The normalized spacial score (nSPS) is 26.1. The van der Waals surface area contributed by atoms with Crippen molar-refractivity contribution in [3.63, 3.8) is 0 Å². The van der Waals surface area contributed by atoms with Gasteiger partial charge in [-0.3, -0.25) is 33.6 Å². The quantitative estimate of drug-likeness (QED) is 0.123. The Morgan fingerprint density at radius 3 is 1.82 bits per heavy atom. The maximum absolute atomic E-state index is 14.6. The molecule has 0 aromatic rings. The number of hydrogen-bond donors (Lipinski definition) is 6. The Morgan fingerprint density at radius 2 is 1.21 bits per heavy atom. The summed E-state index contributed by atoms with van der Waals surface area (Å²) in [5.41, 5.74) is -0.835. The molecule has 4 heterocycles. The molecule has 6 N–H and O–H groups in total. The molecule has 8 amide bonds. The zero-order valence-electron chi connectivity index (χ0n) is 40.1. The topological polar surface area (TPSA) is 251 Å². The molecule has 19 nitrogen and oxygen atoms in total. The number of rotatable bonds is 12. The molecule has 0 aliphatic carbocycles. The van der Waals surface area contributed by atoms with Gasteiger partial charge in [-0.05, 0) is 97.8 Å². The van der Waals surface area contributed by atoms with Gasteiger partial charge in [-0.2, -0.15) is 0 Å². The molecule has 8 atom stereocenters. The highest BCUT2D eigenvalue weighted by atomic mass is 16.6. The summed E-state index contributed by atoms with van der Waals surface area (Å²) in [5.74, 6) is -4.32. The zero-order chi connectivity index (χ0) is 49.1. The van der Waals surface area contributed by atoms with Crippen LogP contribution in [0.4, 0.5) is 4.79 Å². The number of fused-ring (bicyclic) bond motifs is 9. The minimum atomic E-state index is -1.13. The summed E-state index contributed by atoms with van der Waals surface area (Å²) >= 11 is 0. The molecule has 0 saturated carbocycles. The number of carbonyl (C=O) groups excluding carboxylic acids is 9. The van der Waals surface area contributed by atoms with Gasteiger partial charge in [0.25, 0.3) is 0 Å². The van der Waals surface area contributed by atoms with E-state index in [1.807, 2.05) is 0 Å². The average molecular weight is 941 g/mol. The molecule has 0 aromatic heterocycles. The lowest BCUT2D eigenvalue weighted by molar-refractivity contribution is -0.148. The SMILES string of the molecule is C=CCC[C@H](NC(=O)OC(C)(C)C)C(=O)N[C@H]1CCCCCC[C@@H](C(=O)N[C@@H](CCC=C)C(=O)OC)NC(=O)[C@@H]2CCCCCC[C@H](NC1=O)C(=O)N1CCC[C@@H]1C(=O)N1CCC[C@H]1C(=O)N2. The number of methoxy groups -OCH3 is 1. The second-order valence-electron chi connectivity index (χ2n) is 19.1. The van der Waals surface area contributed by atoms with Gasteiger partial charge in [-0.15, -0.1) is 13.2 Å². The molecule has 4 fully saturated rings. The first kappa shape index (κ1) is 54.1. The van der Waals surface area contributed by atoms with Gasteiger partial charge in [-0.25, -0.2) is 9.59 Å². The van der Waals surface area contributed by atoms with E-state index in [1.165, 1.54) is 16.9 Å². The van der Waals surface area contributed by atoms with E-state index in [0.717, 1.165) is 0 Å². The summed E-state index contributed by atoms with van der Waals surface area (Å²) in [6.07, 6.45) is 10.3. The molecule has 2 bridgehead atoms. The highest BCUT2D eigenvalue weighted by molar-refractivity contribution is 5.98. The van der Waals surface area contributed by atoms with Crippen LogP contribution in [0.1, 0.15) is 149 Å². The van der Waals surface area contributed by atoms with Crippen LogP contribution in [0, 0.1) is 0 Å². The van der Waals surface area contributed by atoms with Crippen LogP contribution in [0.3, 0.4) is 0 Å². The summed E-state index contributed by atoms with van der Waals surface area (Å²) in [6.45, 7) is 13.1. The molecular formula is C48H76N8O11. The fourth-order valence-corrected chi connectivity index (χ4v) is 9.18. The highest BCUT2D eigenvalue weighted by Crippen LogP contribution is 2.27. The second-order valence-corrected chi connectivity index (χ2v) is 19.1. The predicted octanol–water partition coefficient (Wildman–Crippen LogP) is 3.10. The third-order valence-electron chi connectivity index (χ3n) is 12.8. The lowest BCUT2D eigenvalue weighted by Crippen LogP contribution is -2.60. The Labute approximate surface area is 395 Å². The van der Waals surface area contributed by atoms with Gasteiger partial charge in [0.15, 0.2) is 0 Å². The average Bonchev–Trinajstić information content (AvgIpc) is 3.99. The van der Waals surface area contributed by atoms with Crippen LogP contribution in [0.2, 0.25) is 0 Å². The lowest BCUT2D eigenvalue weighted by Gasteiger charge is -2.34. The molecule has 4 saturated heterocycles. The van der Waals surface area contributed by atoms with E-state index in [2.05, 4.69) is 45.1 Å². The van der Waals surface area contributed by atoms with E-state index in [-0.39, 0.29) is 57.5 Å². The number of nitrogens with one attached hydrogen (secondary N) is 6. The molecule has 0 unspecified atom stereocenters. The maximum atomic E-state index is 14.6. The molecule has 4 aliphatic rings. The third-order valence-corrected chi connectivity index (χ3v) is 12.8. The Morgan fingerprint density at radius 1 is 0.657 bits per heavy atom. The lowest BCUT2D eigenvalue weighted by atomic mass is 9.99. The molecule has 4 aliphatic heterocycles. The number of ether oxygens (including phenoxy) is 2.